The zero-order chi connectivity index (χ0) is 22.0. The lowest BCUT2D eigenvalue weighted by atomic mass is 9.93. The highest BCUT2D eigenvalue weighted by Crippen LogP contribution is 2.37. The number of amides is 1. The van der Waals surface area contributed by atoms with Crippen LogP contribution < -0.4 is 16.4 Å². The smallest absolute Gasteiger partial charge is 0.411 e. The average molecular weight is 402 g/mol. The summed E-state index contributed by atoms with van der Waals surface area (Å²) in [5.74, 6) is -0.134. The van der Waals surface area contributed by atoms with Gasteiger partial charge in [0.15, 0.2) is 0 Å². The van der Waals surface area contributed by atoms with E-state index in [-0.39, 0.29) is 12.4 Å². The first kappa shape index (κ1) is 22.5. The van der Waals surface area contributed by atoms with E-state index in [1.807, 2.05) is 48.5 Å². The Bertz CT molecular complexity index is 910. The van der Waals surface area contributed by atoms with Crippen molar-refractivity contribution in [3.63, 3.8) is 0 Å². The number of carbonyl (C=O) groups is 1. The van der Waals surface area contributed by atoms with Crippen LogP contribution in [0.25, 0.3) is 0 Å². The van der Waals surface area contributed by atoms with Gasteiger partial charge >= 0.3 is 6.09 Å². The maximum atomic E-state index is 14.4. The van der Waals surface area contributed by atoms with Crippen molar-refractivity contribution < 1.29 is 13.9 Å². The fourth-order valence-electron chi connectivity index (χ4n) is 3.66. The minimum atomic E-state index is -0.523. The Kier molecular flexibility index (Phi) is 6.77. The first-order valence-corrected chi connectivity index (χ1v) is 9.84. The summed E-state index contributed by atoms with van der Waals surface area (Å²) >= 11 is 0. The van der Waals surface area contributed by atoms with Crippen LogP contribution in [0, 0.1) is 54.3 Å². The van der Waals surface area contributed by atoms with Crippen LogP contribution in [-0.4, -0.2) is 12.7 Å². The fraction of sp³-hybridized carbons (Fsp3) is 0.435. The van der Waals surface area contributed by atoms with Crippen molar-refractivity contribution in [2.45, 2.75) is 61.9 Å². The Labute approximate surface area is 172 Å². The van der Waals surface area contributed by atoms with Crippen LogP contribution in [0.4, 0.5) is 26.2 Å². The van der Waals surface area contributed by atoms with Gasteiger partial charge in [0.1, 0.15) is 5.82 Å². The zero-order valence-electron chi connectivity index (χ0n) is 18.7. The molecular formula is C23H32FN3O2. The molecule has 6 heteroatoms. The summed E-state index contributed by atoms with van der Waals surface area (Å²) in [6.45, 7) is 16.0. The molecule has 0 aliphatic heterocycles. The van der Waals surface area contributed by atoms with E-state index in [4.69, 9.17) is 10.5 Å². The summed E-state index contributed by atoms with van der Waals surface area (Å²) in [5, 5.41) is 6.24. The molecule has 0 bridgehead atoms. The molecule has 0 heterocycles. The second kappa shape index (κ2) is 8.72. The van der Waals surface area contributed by atoms with Gasteiger partial charge in [0.25, 0.3) is 0 Å². The van der Waals surface area contributed by atoms with Crippen LogP contribution in [-0.2, 0) is 11.3 Å². The third kappa shape index (κ3) is 4.16. The van der Waals surface area contributed by atoms with Gasteiger partial charge in [0, 0.05) is 12.2 Å². The van der Waals surface area contributed by atoms with E-state index in [0.29, 0.717) is 29.0 Å². The average Bonchev–Trinajstić information content (AvgIpc) is 2.69. The number of anilines is 3. The van der Waals surface area contributed by atoms with E-state index in [9.17, 15) is 9.18 Å². The Morgan fingerprint density at radius 1 is 0.862 bits per heavy atom. The predicted octanol–water partition coefficient (Wildman–Crippen LogP) is 5.75. The van der Waals surface area contributed by atoms with Crippen molar-refractivity contribution >= 4 is 23.2 Å². The largest absolute Gasteiger partial charge is 0.450 e. The molecule has 0 saturated carbocycles. The number of nitrogens with two attached hydrogens (primary N) is 1. The molecule has 5 nitrogen and oxygen atoms in total. The second-order valence-electron chi connectivity index (χ2n) is 7.53. The van der Waals surface area contributed by atoms with Crippen LogP contribution in [0.2, 0.25) is 0 Å². The second-order valence-corrected chi connectivity index (χ2v) is 7.53. The van der Waals surface area contributed by atoms with Crippen molar-refractivity contribution in [2.24, 2.45) is 0 Å². The maximum Gasteiger partial charge on any atom is 0.411 e. The molecule has 158 valence electrons. The minimum absolute atomic E-state index is 0.134. The van der Waals surface area contributed by atoms with Crippen LogP contribution in [0.15, 0.2) is 0 Å². The molecule has 2 aromatic rings. The van der Waals surface area contributed by atoms with Crippen LogP contribution in [0.5, 0.6) is 0 Å². The van der Waals surface area contributed by atoms with E-state index in [2.05, 4.69) is 10.6 Å². The summed E-state index contributed by atoms with van der Waals surface area (Å²) in [7, 11) is 0. The predicted molar refractivity (Wildman–Crippen MR) is 118 cm³/mol. The number of hydrogen-bond acceptors (Lipinski definition) is 4. The van der Waals surface area contributed by atoms with Gasteiger partial charge < -0.3 is 15.8 Å². The standard InChI is InChI=1S/C23H32FN3O2/c1-9-29-23(28)27-22-16(7)15(6)21(17(8)20(22)25)26-10-18-11(2)13(4)19(24)14(5)12(18)3/h26H,9-10,25H2,1-8H3,(H,27,28). The van der Waals surface area contributed by atoms with Crippen molar-refractivity contribution in [3.05, 3.63) is 50.3 Å². The number of nitrogens with one attached hydrogen (secondary N) is 2. The fourth-order valence-corrected chi connectivity index (χ4v) is 3.66. The van der Waals surface area contributed by atoms with E-state index in [1.165, 1.54) is 0 Å². The lowest BCUT2D eigenvalue weighted by Gasteiger charge is -2.23. The van der Waals surface area contributed by atoms with E-state index in [0.717, 1.165) is 39.1 Å². The molecule has 0 aromatic heterocycles. The maximum absolute atomic E-state index is 14.4. The topological polar surface area (TPSA) is 76.4 Å². The number of nitrogen functional groups attached to an aromatic ring is 1. The molecule has 0 aliphatic rings. The molecule has 2 aromatic carbocycles. The third-order valence-electron chi connectivity index (χ3n) is 5.99. The van der Waals surface area contributed by atoms with Gasteiger partial charge in [-0.2, -0.15) is 0 Å². The zero-order valence-corrected chi connectivity index (χ0v) is 18.7. The van der Waals surface area contributed by atoms with E-state index in [1.54, 1.807) is 6.92 Å². The van der Waals surface area contributed by atoms with Crippen molar-refractivity contribution in [1.29, 1.82) is 0 Å². The summed E-state index contributed by atoms with van der Waals surface area (Å²) in [5.41, 5.74) is 15.4. The minimum Gasteiger partial charge on any atom is -0.450 e. The van der Waals surface area contributed by atoms with Gasteiger partial charge in [-0.3, -0.25) is 5.32 Å². The van der Waals surface area contributed by atoms with Crippen molar-refractivity contribution in [1.82, 2.24) is 0 Å². The highest BCUT2D eigenvalue weighted by atomic mass is 19.1. The lowest BCUT2D eigenvalue weighted by molar-refractivity contribution is 0.168. The molecule has 1 amide bonds. The quantitative estimate of drug-likeness (QED) is 0.558. The summed E-state index contributed by atoms with van der Waals surface area (Å²) < 4.78 is 19.3. The van der Waals surface area contributed by atoms with E-state index >= 15 is 0 Å². The summed E-state index contributed by atoms with van der Waals surface area (Å²) in [4.78, 5) is 11.9. The van der Waals surface area contributed by atoms with Gasteiger partial charge in [-0.1, -0.05) is 0 Å². The SMILES string of the molecule is CCOC(=O)Nc1c(C)c(C)c(NCc2c(C)c(C)c(F)c(C)c2C)c(C)c1N. The number of carbonyl (C=O) groups excluding carboxylic acids is 1. The van der Waals surface area contributed by atoms with E-state index < -0.39 is 6.09 Å². The molecule has 0 unspecified atom stereocenters. The number of ether oxygens (including phenoxy) is 1. The van der Waals surface area contributed by atoms with Gasteiger partial charge in [0.05, 0.1) is 18.0 Å². The molecule has 0 atom stereocenters. The van der Waals surface area contributed by atoms with Crippen LogP contribution in [0.3, 0.4) is 0 Å². The molecule has 0 aliphatic carbocycles. The summed E-state index contributed by atoms with van der Waals surface area (Å²) in [6.07, 6.45) is -0.523. The number of benzene rings is 2. The molecule has 0 fully saturated rings. The Balaban J connectivity index is 2.42. The first-order valence-electron chi connectivity index (χ1n) is 9.84. The molecular weight excluding hydrogens is 369 g/mol. The highest BCUT2D eigenvalue weighted by molar-refractivity contribution is 5.94. The molecule has 0 saturated heterocycles. The van der Waals surface area contributed by atoms with Crippen molar-refractivity contribution in [2.75, 3.05) is 23.0 Å². The Hall–Kier alpha value is -2.76. The number of halogens is 1. The Morgan fingerprint density at radius 2 is 1.38 bits per heavy atom. The number of hydrogen-bond donors (Lipinski definition) is 3. The molecule has 0 radical (unpaired) electrons. The van der Waals surface area contributed by atoms with Crippen LogP contribution in [0.1, 0.15) is 51.4 Å². The molecule has 29 heavy (non-hydrogen) atoms. The molecule has 4 N–H and O–H groups in total. The van der Waals surface area contributed by atoms with Gasteiger partial charge in [-0.15, -0.1) is 0 Å². The van der Waals surface area contributed by atoms with Crippen LogP contribution >= 0.6 is 0 Å². The first-order chi connectivity index (χ1) is 13.5. The molecule has 0 spiro atoms. The molecule has 2 rings (SSSR count). The monoisotopic (exact) mass is 401 g/mol. The third-order valence-corrected chi connectivity index (χ3v) is 5.99. The number of rotatable bonds is 5. The van der Waals surface area contributed by atoms with Gasteiger partial charge in [0.2, 0.25) is 0 Å². The van der Waals surface area contributed by atoms with Gasteiger partial charge in [-0.25, -0.2) is 9.18 Å². The lowest BCUT2D eigenvalue weighted by Crippen LogP contribution is -2.17. The summed E-state index contributed by atoms with van der Waals surface area (Å²) in [6, 6.07) is 0. The normalized spacial score (nSPS) is 10.8. The highest BCUT2D eigenvalue weighted by Gasteiger charge is 2.19. The Morgan fingerprint density at radius 3 is 1.90 bits per heavy atom. The van der Waals surface area contributed by atoms with Crippen molar-refractivity contribution in [3.8, 4) is 0 Å². The van der Waals surface area contributed by atoms with Gasteiger partial charge in [-0.05, 0) is 99.9 Å².